The number of morpholine rings is 1. The topological polar surface area (TPSA) is 107 Å². The van der Waals surface area contributed by atoms with Crippen molar-refractivity contribution in [2.24, 2.45) is 0 Å². The number of nitrogens with one attached hydrogen (secondary N) is 2. The van der Waals surface area contributed by atoms with Crippen molar-refractivity contribution in [3.05, 3.63) is 53.6 Å². The van der Waals surface area contributed by atoms with Crippen LogP contribution in [0.25, 0.3) is 0 Å². The number of likely N-dealkylation sites (N-methyl/N-ethyl adjacent to an activating group) is 1. The van der Waals surface area contributed by atoms with E-state index in [4.69, 9.17) is 21.1 Å². The Morgan fingerprint density at radius 3 is 2.46 bits per heavy atom. The standard InChI is InChI=1S/C26H34ClN5O5/c1-30(2)11-13-36-24-17-31(12-14-37-24)21-9-7-19(8-10-21)28-25(34)23-15-22(33)16-32(23)26(35)29-20-5-3-18(27)4-6-20/h3-10,22-24,33H,11-17H2,1-2H3,(H,28,34)(H,29,35)/t22-,23-,24?/m1/s1. The largest absolute Gasteiger partial charge is 0.391 e. The summed E-state index contributed by atoms with van der Waals surface area (Å²) < 4.78 is 11.6. The highest BCUT2D eigenvalue weighted by Gasteiger charge is 2.39. The molecular formula is C26H34ClN5O5. The Morgan fingerprint density at radius 2 is 1.76 bits per heavy atom. The van der Waals surface area contributed by atoms with E-state index in [1.54, 1.807) is 24.3 Å². The van der Waals surface area contributed by atoms with E-state index in [9.17, 15) is 14.7 Å². The Morgan fingerprint density at radius 1 is 1.08 bits per heavy atom. The van der Waals surface area contributed by atoms with Crippen LogP contribution < -0.4 is 15.5 Å². The van der Waals surface area contributed by atoms with Gasteiger partial charge in [-0.15, -0.1) is 0 Å². The summed E-state index contributed by atoms with van der Waals surface area (Å²) in [7, 11) is 4.00. The second kappa shape index (κ2) is 12.6. The van der Waals surface area contributed by atoms with Gasteiger partial charge in [0.15, 0.2) is 6.29 Å². The van der Waals surface area contributed by atoms with Crippen molar-refractivity contribution in [2.45, 2.75) is 24.9 Å². The molecule has 0 aromatic heterocycles. The maximum absolute atomic E-state index is 13.0. The molecule has 3 N–H and O–H groups in total. The molecule has 0 radical (unpaired) electrons. The second-order valence-electron chi connectivity index (χ2n) is 9.45. The monoisotopic (exact) mass is 531 g/mol. The van der Waals surface area contributed by atoms with E-state index in [-0.39, 0.29) is 25.2 Å². The van der Waals surface area contributed by atoms with Crippen molar-refractivity contribution in [1.29, 1.82) is 0 Å². The molecule has 2 aliphatic heterocycles. The van der Waals surface area contributed by atoms with Crippen molar-refractivity contribution in [3.63, 3.8) is 0 Å². The third-order valence-electron chi connectivity index (χ3n) is 6.31. The summed E-state index contributed by atoms with van der Waals surface area (Å²) in [5.41, 5.74) is 2.17. The van der Waals surface area contributed by atoms with Gasteiger partial charge < -0.3 is 39.9 Å². The van der Waals surface area contributed by atoms with Crippen molar-refractivity contribution < 1.29 is 24.2 Å². The highest BCUT2D eigenvalue weighted by Crippen LogP contribution is 2.24. The Balaban J connectivity index is 1.32. The van der Waals surface area contributed by atoms with Crippen LogP contribution >= 0.6 is 11.6 Å². The number of hydrogen-bond acceptors (Lipinski definition) is 7. The molecule has 2 aromatic carbocycles. The Labute approximate surface area is 222 Å². The van der Waals surface area contributed by atoms with Gasteiger partial charge >= 0.3 is 6.03 Å². The minimum absolute atomic E-state index is 0.0747. The van der Waals surface area contributed by atoms with Gasteiger partial charge in [0.05, 0.1) is 25.9 Å². The maximum Gasteiger partial charge on any atom is 0.322 e. The van der Waals surface area contributed by atoms with Gasteiger partial charge in [0.1, 0.15) is 6.04 Å². The number of carbonyl (C=O) groups is 2. The molecular weight excluding hydrogens is 498 g/mol. The van der Waals surface area contributed by atoms with Crippen LogP contribution in [0.15, 0.2) is 48.5 Å². The number of ether oxygens (including phenoxy) is 2. The van der Waals surface area contributed by atoms with Crippen LogP contribution in [0.3, 0.4) is 0 Å². The Kier molecular flexibility index (Phi) is 9.23. The van der Waals surface area contributed by atoms with Gasteiger partial charge in [-0.05, 0) is 62.6 Å². The van der Waals surface area contributed by atoms with Crippen LogP contribution in [0.1, 0.15) is 6.42 Å². The molecule has 10 nitrogen and oxygen atoms in total. The fraction of sp³-hybridized carbons (Fsp3) is 0.462. The van der Waals surface area contributed by atoms with Crippen LogP contribution in [0, 0.1) is 0 Å². The first-order chi connectivity index (χ1) is 17.8. The molecule has 2 aromatic rings. The normalized spacial score (nSPS) is 21.8. The maximum atomic E-state index is 13.0. The molecule has 3 atom stereocenters. The number of amides is 3. The second-order valence-corrected chi connectivity index (χ2v) is 9.89. The lowest BCUT2D eigenvalue weighted by Gasteiger charge is -2.34. The average Bonchev–Trinajstić information content (AvgIpc) is 3.28. The number of aliphatic hydroxyl groups is 1. The first-order valence-corrected chi connectivity index (χ1v) is 12.7. The van der Waals surface area contributed by atoms with E-state index in [0.29, 0.717) is 36.2 Å². The summed E-state index contributed by atoms with van der Waals surface area (Å²) in [6.45, 7) is 3.44. The number of hydrogen-bond donors (Lipinski definition) is 3. The number of likely N-dealkylation sites (tertiary alicyclic amines) is 1. The van der Waals surface area contributed by atoms with Crippen molar-refractivity contribution in [2.75, 3.05) is 69.0 Å². The molecule has 200 valence electrons. The summed E-state index contributed by atoms with van der Waals surface area (Å²) >= 11 is 5.90. The molecule has 1 unspecified atom stereocenters. The fourth-order valence-electron chi connectivity index (χ4n) is 4.32. The number of rotatable bonds is 8. The number of halogens is 1. The van der Waals surface area contributed by atoms with Crippen LogP contribution in [0.2, 0.25) is 5.02 Å². The fourth-order valence-corrected chi connectivity index (χ4v) is 4.44. The summed E-state index contributed by atoms with van der Waals surface area (Å²) in [4.78, 5) is 31.5. The predicted molar refractivity (Wildman–Crippen MR) is 143 cm³/mol. The molecule has 0 saturated carbocycles. The van der Waals surface area contributed by atoms with Gasteiger partial charge in [-0.2, -0.15) is 0 Å². The van der Waals surface area contributed by atoms with Gasteiger partial charge in [0, 0.05) is 48.1 Å². The molecule has 0 spiro atoms. The zero-order valence-corrected chi connectivity index (χ0v) is 21.9. The SMILES string of the molecule is CN(C)CCOC1CN(c2ccc(NC(=O)[C@H]3C[C@@H](O)CN3C(=O)Nc3ccc(Cl)cc3)cc2)CCO1. The van der Waals surface area contributed by atoms with Gasteiger partial charge in [0.2, 0.25) is 5.91 Å². The number of β-amino-alcohol motifs (C(OH)–C–C–N with tert-alkyl or cyclic N) is 1. The van der Waals surface area contributed by atoms with Crippen LogP contribution in [-0.4, -0.2) is 98.8 Å². The molecule has 0 bridgehead atoms. The third kappa shape index (κ3) is 7.56. The van der Waals surface area contributed by atoms with Crippen LogP contribution in [0.4, 0.5) is 21.9 Å². The van der Waals surface area contributed by atoms with E-state index < -0.39 is 18.2 Å². The smallest absolute Gasteiger partial charge is 0.322 e. The number of benzene rings is 2. The first-order valence-electron chi connectivity index (χ1n) is 12.3. The number of carbonyl (C=O) groups excluding carboxylic acids is 2. The summed E-state index contributed by atoms with van der Waals surface area (Å²) in [5, 5.41) is 16.4. The van der Waals surface area contributed by atoms with E-state index in [1.807, 2.05) is 38.4 Å². The molecule has 37 heavy (non-hydrogen) atoms. The number of anilines is 3. The quantitative estimate of drug-likeness (QED) is 0.481. The molecule has 0 aliphatic carbocycles. The van der Waals surface area contributed by atoms with Gasteiger partial charge in [0.25, 0.3) is 0 Å². The van der Waals surface area contributed by atoms with Gasteiger partial charge in [-0.25, -0.2) is 4.79 Å². The minimum Gasteiger partial charge on any atom is -0.391 e. The van der Waals surface area contributed by atoms with E-state index >= 15 is 0 Å². The number of nitrogens with zero attached hydrogens (tertiary/aromatic N) is 3. The first kappa shape index (κ1) is 27.2. The molecule has 3 amide bonds. The van der Waals surface area contributed by atoms with E-state index in [1.165, 1.54) is 4.90 Å². The third-order valence-corrected chi connectivity index (χ3v) is 6.57. The summed E-state index contributed by atoms with van der Waals surface area (Å²) in [5.74, 6) is -0.351. The molecule has 2 heterocycles. The zero-order chi connectivity index (χ0) is 26.4. The molecule has 4 rings (SSSR count). The van der Waals surface area contributed by atoms with Gasteiger partial charge in [-0.3, -0.25) is 4.79 Å². The van der Waals surface area contributed by atoms with E-state index in [2.05, 4.69) is 20.4 Å². The molecule has 2 saturated heterocycles. The van der Waals surface area contributed by atoms with Gasteiger partial charge in [-0.1, -0.05) is 11.6 Å². The number of urea groups is 1. The van der Waals surface area contributed by atoms with E-state index in [0.717, 1.165) is 18.8 Å². The summed E-state index contributed by atoms with van der Waals surface area (Å²) in [6, 6.07) is 13.0. The van der Waals surface area contributed by atoms with Crippen LogP contribution in [0.5, 0.6) is 0 Å². The van der Waals surface area contributed by atoms with Crippen LogP contribution in [-0.2, 0) is 14.3 Å². The highest BCUT2D eigenvalue weighted by molar-refractivity contribution is 6.30. The number of aliphatic hydroxyl groups excluding tert-OH is 1. The minimum atomic E-state index is -0.790. The zero-order valence-electron chi connectivity index (χ0n) is 21.1. The molecule has 2 aliphatic rings. The highest BCUT2D eigenvalue weighted by atomic mass is 35.5. The Bertz CT molecular complexity index is 1050. The molecule has 11 heteroatoms. The Hall–Kier alpha value is -2.89. The lowest BCUT2D eigenvalue weighted by molar-refractivity contribution is -0.147. The lowest BCUT2D eigenvalue weighted by Crippen LogP contribution is -2.45. The van der Waals surface area contributed by atoms with Crippen molar-refractivity contribution >= 4 is 40.6 Å². The predicted octanol–water partition coefficient (Wildman–Crippen LogP) is 2.69. The van der Waals surface area contributed by atoms with Crippen molar-refractivity contribution in [1.82, 2.24) is 9.80 Å². The van der Waals surface area contributed by atoms with Crippen molar-refractivity contribution in [3.8, 4) is 0 Å². The average molecular weight is 532 g/mol. The molecule has 2 fully saturated rings. The lowest BCUT2D eigenvalue weighted by atomic mass is 10.1. The summed E-state index contributed by atoms with van der Waals surface area (Å²) in [6.07, 6.45) is -0.892.